The molecule has 0 aliphatic heterocycles. The molecule has 1 aromatic carbocycles. The van der Waals surface area contributed by atoms with Gasteiger partial charge in [0.05, 0.1) is 6.61 Å². The molecule has 2 nitrogen and oxygen atoms in total. The van der Waals surface area contributed by atoms with Gasteiger partial charge in [-0.05, 0) is 13.0 Å². The van der Waals surface area contributed by atoms with Crippen LogP contribution in [0.2, 0.25) is 0 Å². The highest BCUT2D eigenvalue weighted by atomic mass is 79.9. The molecule has 6 heteroatoms. The van der Waals surface area contributed by atoms with Crippen molar-refractivity contribution in [2.24, 2.45) is 0 Å². The van der Waals surface area contributed by atoms with E-state index in [9.17, 15) is 13.2 Å². The molecule has 0 heterocycles. The van der Waals surface area contributed by atoms with Gasteiger partial charge >= 0.3 is 6.36 Å². The molecule has 0 fully saturated rings. The average Bonchev–Trinajstić information content (AvgIpc) is 2.16. The van der Waals surface area contributed by atoms with E-state index < -0.39 is 6.36 Å². The molecular weight excluding hydrogens is 289 g/mol. The van der Waals surface area contributed by atoms with E-state index in [0.717, 1.165) is 5.56 Å². The maximum atomic E-state index is 12.0. The van der Waals surface area contributed by atoms with Gasteiger partial charge in [0.1, 0.15) is 11.5 Å². The lowest BCUT2D eigenvalue weighted by molar-refractivity contribution is -0.274. The Morgan fingerprint density at radius 3 is 2.50 bits per heavy atom. The molecule has 0 saturated carbocycles. The third-order valence-electron chi connectivity index (χ3n) is 1.72. The van der Waals surface area contributed by atoms with Crippen molar-refractivity contribution in [2.75, 3.05) is 6.61 Å². The monoisotopic (exact) mass is 298 g/mol. The maximum absolute atomic E-state index is 12.0. The summed E-state index contributed by atoms with van der Waals surface area (Å²) in [7, 11) is 0. The molecule has 0 amide bonds. The van der Waals surface area contributed by atoms with Gasteiger partial charge in [-0.1, -0.05) is 22.0 Å². The minimum Gasteiger partial charge on any atom is -0.493 e. The molecule has 0 unspecified atom stereocenters. The van der Waals surface area contributed by atoms with Crippen LogP contribution in [0.1, 0.15) is 12.5 Å². The van der Waals surface area contributed by atoms with Crippen molar-refractivity contribution < 1.29 is 22.6 Å². The quantitative estimate of drug-likeness (QED) is 0.786. The van der Waals surface area contributed by atoms with Gasteiger partial charge in [0.15, 0.2) is 0 Å². The van der Waals surface area contributed by atoms with Gasteiger partial charge in [-0.25, -0.2) is 0 Å². The normalized spacial score (nSPS) is 11.3. The summed E-state index contributed by atoms with van der Waals surface area (Å²) in [6, 6.07) is 4.01. The number of hydrogen-bond acceptors (Lipinski definition) is 2. The zero-order chi connectivity index (χ0) is 12.2. The van der Waals surface area contributed by atoms with Crippen LogP contribution in [-0.2, 0) is 5.33 Å². The lowest BCUT2D eigenvalue weighted by atomic mass is 10.2. The summed E-state index contributed by atoms with van der Waals surface area (Å²) < 4.78 is 44.9. The molecule has 0 saturated heterocycles. The van der Waals surface area contributed by atoms with Crippen LogP contribution >= 0.6 is 15.9 Å². The van der Waals surface area contributed by atoms with Crippen molar-refractivity contribution in [3.63, 3.8) is 0 Å². The molecule has 0 aliphatic carbocycles. The minimum absolute atomic E-state index is 0.277. The van der Waals surface area contributed by atoms with E-state index in [0.29, 0.717) is 17.7 Å². The number of rotatable bonds is 4. The zero-order valence-corrected chi connectivity index (χ0v) is 10.1. The van der Waals surface area contributed by atoms with Crippen molar-refractivity contribution in [3.8, 4) is 11.5 Å². The molecule has 0 bridgehead atoms. The number of alkyl halides is 4. The van der Waals surface area contributed by atoms with Crippen LogP contribution in [0.5, 0.6) is 11.5 Å². The van der Waals surface area contributed by atoms with Crippen molar-refractivity contribution in [1.82, 2.24) is 0 Å². The number of halogens is 4. The predicted molar refractivity (Wildman–Crippen MR) is 56.9 cm³/mol. The van der Waals surface area contributed by atoms with Crippen molar-refractivity contribution in [2.45, 2.75) is 18.6 Å². The number of hydrogen-bond donors (Lipinski definition) is 0. The van der Waals surface area contributed by atoms with Crippen molar-refractivity contribution in [1.29, 1.82) is 0 Å². The van der Waals surface area contributed by atoms with Crippen molar-refractivity contribution in [3.05, 3.63) is 23.8 Å². The molecule has 0 radical (unpaired) electrons. The Labute approximate surface area is 99.5 Å². The summed E-state index contributed by atoms with van der Waals surface area (Å²) in [6.45, 7) is 2.14. The summed E-state index contributed by atoms with van der Waals surface area (Å²) in [5.41, 5.74) is 0.774. The predicted octanol–water partition coefficient (Wildman–Crippen LogP) is 3.88. The fraction of sp³-hybridized carbons (Fsp3) is 0.400. The largest absolute Gasteiger partial charge is 0.573 e. The van der Waals surface area contributed by atoms with Crippen LogP contribution in [0.3, 0.4) is 0 Å². The van der Waals surface area contributed by atoms with E-state index in [1.165, 1.54) is 18.2 Å². The highest BCUT2D eigenvalue weighted by Gasteiger charge is 2.31. The fourth-order valence-corrected chi connectivity index (χ4v) is 1.60. The standard InChI is InChI=1S/C10H10BrF3O2/c1-2-15-9-5-8(16-10(12,13)14)4-3-7(9)6-11/h3-5H,2,6H2,1H3. The summed E-state index contributed by atoms with van der Waals surface area (Å²) in [6.07, 6.45) is -4.68. The highest BCUT2D eigenvalue weighted by molar-refractivity contribution is 9.08. The zero-order valence-electron chi connectivity index (χ0n) is 8.47. The first-order valence-electron chi connectivity index (χ1n) is 4.53. The van der Waals surface area contributed by atoms with Crippen LogP contribution in [0.15, 0.2) is 18.2 Å². The van der Waals surface area contributed by atoms with E-state index in [-0.39, 0.29) is 5.75 Å². The van der Waals surface area contributed by atoms with Crippen LogP contribution in [-0.4, -0.2) is 13.0 Å². The molecule has 1 rings (SSSR count). The highest BCUT2D eigenvalue weighted by Crippen LogP contribution is 2.30. The Balaban J connectivity index is 2.93. The molecule has 90 valence electrons. The second-order valence-corrected chi connectivity index (χ2v) is 3.44. The van der Waals surface area contributed by atoms with E-state index in [1.807, 2.05) is 0 Å². The second-order valence-electron chi connectivity index (χ2n) is 2.88. The molecule has 0 atom stereocenters. The number of ether oxygens (including phenoxy) is 2. The smallest absolute Gasteiger partial charge is 0.493 e. The first-order chi connectivity index (χ1) is 7.46. The SMILES string of the molecule is CCOc1cc(OC(F)(F)F)ccc1CBr. The second kappa shape index (κ2) is 5.43. The van der Waals surface area contributed by atoms with Gasteiger partial charge in [-0.2, -0.15) is 0 Å². The maximum Gasteiger partial charge on any atom is 0.573 e. The first kappa shape index (κ1) is 13.2. The summed E-state index contributed by atoms with van der Waals surface area (Å²) in [5, 5.41) is 0.509. The summed E-state index contributed by atoms with van der Waals surface area (Å²) >= 11 is 3.22. The van der Waals surface area contributed by atoms with Crippen LogP contribution in [0.4, 0.5) is 13.2 Å². The van der Waals surface area contributed by atoms with Crippen LogP contribution in [0, 0.1) is 0 Å². The Morgan fingerprint density at radius 2 is 2.00 bits per heavy atom. The fourth-order valence-electron chi connectivity index (χ4n) is 1.13. The van der Waals surface area contributed by atoms with Gasteiger partial charge in [-0.15, -0.1) is 13.2 Å². The molecule has 0 N–H and O–H groups in total. The van der Waals surface area contributed by atoms with E-state index in [4.69, 9.17) is 4.74 Å². The third kappa shape index (κ3) is 3.92. The molecular formula is C10H10BrF3O2. The average molecular weight is 299 g/mol. The van der Waals surface area contributed by atoms with Gasteiger partial charge in [-0.3, -0.25) is 0 Å². The number of benzene rings is 1. The lowest BCUT2D eigenvalue weighted by Crippen LogP contribution is -2.17. The van der Waals surface area contributed by atoms with Crippen LogP contribution in [0.25, 0.3) is 0 Å². The van der Waals surface area contributed by atoms with E-state index >= 15 is 0 Å². The van der Waals surface area contributed by atoms with Gasteiger partial charge in [0, 0.05) is 17.0 Å². The summed E-state index contributed by atoms with van der Waals surface area (Å²) in [5.74, 6) is 0.113. The Kier molecular flexibility index (Phi) is 4.46. The molecule has 0 spiro atoms. The molecule has 0 aromatic heterocycles. The molecule has 0 aliphatic rings. The Morgan fingerprint density at radius 1 is 1.31 bits per heavy atom. The first-order valence-corrected chi connectivity index (χ1v) is 5.66. The van der Waals surface area contributed by atoms with Gasteiger partial charge < -0.3 is 9.47 Å². The Hall–Kier alpha value is -0.910. The van der Waals surface area contributed by atoms with E-state index in [1.54, 1.807) is 6.92 Å². The van der Waals surface area contributed by atoms with Crippen LogP contribution < -0.4 is 9.47 Å². The Bertz CT molecular complexity index is 352. The van der Waals surface area contributed by atoms with Gasteiger partial charge in [0.2, 0.25) is 0 Å². The van der Waals surface area contributed by atoms with Gasteiger partial charge in [0.25, 0.3) is 0 Å². The topological polar surface area (TPSA) is 18.5 Å². The molecule has 1 aromatic rings. The minimum atomic E-state index is -4.68. The van der Waals surface area contributed by atoms with Crippen molar-refractivity contribution >= 4 is 15.9 Å². The van der Waals surface area contributed by atoms with E-state index in [2.05, 4.69) is 20.7 Å². The molecule has 16 heavy (non-hydrogen) atoms. The third-order valence-corrected chi connectivity index (χ3v) is 2.32. The summed E-state index contributed by atoms with van der Waals surface area (Å²) in [4.78, 5) is 0. The lowest BCUT2D eigenvalue weighted by Gasteiger charge is -2.12.